The minimum atomic E-state index is -0.372. The molecule has 0 fully saturated rings. The second-order valence-electron chi connectivity index (χ2n) is 10.6. The summed E-state index contributed by atoms with van der Waals surface area (Å²) in [6.45, 7) is 10.4. The van der Waals surface area contributed by atoms with E-state index in [-0.39, 0.29) is 24.1 Å². The number of aromatic amines is 1. The zero-order chi connectivity index (χ0) is 28.7. The zero-order valence-electron chi connectivity index (χ0n) is 24.1. The van der Waals surface area contributed by atoms with E-state index in [1.54, 1.807) is 6.07 Å². The molecule has 0 bridgehead atoms. The van der Waals surface area contributed by atoms with Crippen molar-refractivity contribution in [1.82, 2.24) is 25.1 Å². The Morgan fingerprint density at radius 2 is 1.87 bits per heavy atom. The second kappa shape index (κ2) is 13.3. The molecule has 0 atom stereocenters. The standard InChI is InChI=1S/C30H41N7O2/c1-19(2)33-28-25(16-31)24(29(38)32-17-26-20(3)13-21(4)34-30(26)39)15-27(35-28)23-10-8-9-22(14-23)18-37(7)12-11-36(5)6/h8-10,13-16,19,31H,11-12,17-18H2,1-7H3,(H,32,38)(H,33,35)(H,34,39). The summed E-state index contributed by atoms with van der Waals surface area (Å²) in [5.74, 6) is 0.100. The molecule has 3 rings (SSSR count). The van der Waals surface area contributed by atoms with Crippen molar-refractivity contribution < 1.29 is 4.79 Å². The Morgan fingerprint density at radius 3 is 2.51 bits per heavy atom. The number of hydrogen-bond acceptors (Lipinski definition) is 7. The number of aromatic nitrogens is 2. The van der Waals surface area contributed by atoms with Crippen LogP contribution in [0.2, 0.25) is 0 Å². The molecule has 0 unspecified atom stereocenters. The number of nitrogens with zero attached hydrogens (tertiary/aromatic N) is 3. The van der Waals surface area contributed by atoms with E-state index in [9.17, 15) is 9.59 Å². The van der Waals surface area contributed by atoms with Gasteiger partial charge in [-0.3, -0.25) is 9.59 Å². The van der Waals surface area contributed by atoms with Gasteiger partial charge >= 0.3 is 0 Å². The van der Waals surface area contributed by atoms with Gasteiger partial charge in [0.05, 0.1) is 11.3 Å². The van der Waals surface area contributed by atoms with Crippen molar-refractivity contribution in [2.75, 3.05) is 39.5 Å². The Morgan fingerprint density at radius 1 is 1.13 bits per heavy atom. The van der Waals surface area contributed by atoms with Gasteiger partial charge in [-0.15, -0.1) is 0 Å². The molecule has 0 saturated heterocycles. The summed E-state index contributed by atoms with van der Waals surface area (Å²) in [5, 5.41) is 14.2. The van der Waals surface area contributed by atoms with Crippen molar-refractivity contribution in [3.8, 4) is 11.3 Å². The van der Waals surface area contributed by atoms with Crippen molar-refractivity contribution in [1.29, 1.82) is 5.41 Å². The van der Waals surface area contributed by atoms with Crippen LogP contribution in [-0.4, -0.2) is 72.2 Å². The number of carbonyl (C=O) groups excluding carboxylic acids is 1. The van der Waals surface area contributed by atoms with E-state index < -0.39 is 0 Å². The lowest BCUT2D eigenvalue weighted by atomic mass is 10.0. The van der Waals surface area contributed by atoms with Gasteiger partial charge < -0.3 is 30.8 Å². The first-order chi connectivity index (χ1) is 18.5. The Labute approximate surface area is 231 Å². The maximum Gasteiger partial charge on any atom is 0.253 e. The molecular weight excluding hydrogens is 490 g/mol. The van der Waals surface area contributed by atoms with Crippen LogP contribution in [0, 0.1) is 19.3 Å². The number of benzene rings is 1. The highest BCUT2D eigenvalue weighted by Gasteiger charge is 2.19. The first-order valence-electron chi connectivity index (χ1n) is 13.2. The van der Waals surface area contributed by atoms with E-state index >= 15 is 0 Å². The van der Waals surface area contributed by atoms with Crippen LogP contribution in [0.4, 0.5) is 5.82 Å². The molecule has 1 amide bonds. The summed E-state index contributed by atoms with van der Waals surface area (Å²) >= 11 is 0. The van der Waals surface area contributed by atoms with Gasteiger partial charge in [0.25, 0.3) is 11.5 Å². The SMILES string of the molecule is Cc1cc(C)c(CNC(=O)c2cc(-c3cccc(CN(C)CCN(C)C)c3)nc(NC(C)C)c2C=N)c(=O)[nH]1. The van der Waals surface area contributed by atoms with Crippen molar-refractivity contribution in [3.63, 3.8) is 0 Å². The minimum absolute atomic E-state index is 0.0489. The maximum absolute atomic E-state index is 13.5. The van der Waals surface area contributed by atoms with Gasteiger partial charge in [0.15, 0.2) is 0 Å². The average Bonchev–Trinajstić information content (AvgIpc) is 2.86. The third-order valence-corrected chi connectivity index (χ3v) is 6.40. The topological polar surface area (TPSA) is 117 Å². The fraction of sp³-hybridized carbons (Fsp3) is 0.400. The molecule has 9 heteroatoms. The summed E-state index contributed by atoms with van der Waals surface area (Å²) in [5.41, 5.74) is 5.27. The van der Waals surface area contributed by atoms with Gasteiger partial charge in [-0.1, -0.05) is 18.2 Å². The van der Waals surface area contributed by atoms with E-state index in [2.05, 4.69) is 58.7 Å². The lowest BCUT2D eigenvalue weighted by Gasteiger charge is -2.20. The van der Waals surface area contributed by atoms with E-state index in [0.717, 1.165) is 48.2 Å². The second-order valence-corrected chi connectivity index (χ2v) is 10.6. The molecule has 39 heavy (non-hydrogen) atoms. The Kier molecular flexibility index (Phi) is 10.1. The van der Waals surface area contributed by atoms with E-state index in [0.29, 0.717) is 28.2 Å². The van der Waals surface area contributed by atoms with Crippen molar-refractivity contribution >= 4 is 17.9 Å². The first kappa shape index (κ1) is 29.7. The Hall–Kier alpha value is -3.82. The van der Waals surface area contributed by atoms with Crippen LogP contribution in [-0.2, 0) is 13.1 Å². The highest BCUT2D eigenvalue weighted by atomic mass is 16.1. The summed E-state index contributed by atoms with van der Waals surface area (Å²) in [6.07, 6.45) is 1.15. The monoisotopic (exact) mass is 531 g/mol. The molecule has 9 nitrogen and oxygen atoms in total. The highest BCUT2D eigenvalue weighted by Crippen LogP contribution is 2.26. The molecule has 0 aliphatic heterocycles. The predicted octanol–water partition coefficient (Wildman–Crippen LogP) is 3.80. The van der Waals surface area contributed by atoms with E-state index in [1.165, 1.54) is 0 Å². The number of likely N-dealkylation sites (N-methyl/N-ethyl adjacent to an activating group) is 2. The summed E-state index contributed by atoms with van der Waals surface area (Å²) in [7, 11) is 6.23. The fourth-order valence-electron chi connectivity index (χ4n) is 4.38. The predicted molar refractivity (Wildman–Crippen MR) is 159 cm³/mol. The van der Waals surface area contributed by atoms with E-state index in [4.69, 9.17) is 10.4 Å². The van der Waals surface area contributed by atoms with Crippen LogP contribution in [0.15, 0.2) is 41.2 Å². The van der Waals surface area contributed by atoms with Crippen LogP contribution in [0.1, 0.15) is 52.2 Å². The molecule has 0 saturated carbocycles. The summed E-state index contributed by atoms with van der Waals surface area (Å²) in [4.78, 5) is 38.0. The molecule has 208 valence electrons. The number of amides is 1. The van der Waals surface area contributed by atoms with Gasteiger partial charge in [0.1, 0.15) is 5.82 Å². The van der Waals surface area contributed by atoms with Gasteiger partial charge in [-0.25, -0.2) is 4.98 Å². The lowest BCUT2D eigenvalue weighted by Crippen LogP contribution is -2.29. The van der Waals surface area contributed by atoms with Crippen molar-refractivity contribution in [2.24, 2.45) is 0 Å². The minimum Gasteiger partial charge on any atom is -0.367 e. The first-order valence-corrected chi connectivity index (χ1v) is 13.2. The summed E-state index contributed by atoms with van der Waals surface area (Å²) < 4.78 is 0. The number of hydrogen-bond donors (Lipinski definition) is 4. The van der Waals surface area contributed by atoms with Gasteiger partial charge in [-0.2, -0.15) is 0 Å². The molecule has 2 aromatic heterocycles. The van der Waals surface area contributed by atoms with Crippen LogP contribution in [0.5, 0.6) is 0 Å². The van der Waals surface area contributed by atoms with Gasteiger partial charge in [0.2, 0.25) is 0 Å². The van der Waals surface area contributed by atoms with Crippen molar-refractivity contribution in [2.45, 2.75) is 46.8 Å². The molecule has 1 aromatic carbocycles. The number of rotatable bonds is 12. The average molecular weight is 532 g/mol. The van der Waals surface area contributed by atoms with Crippen LogP contribution in [0.3, 0.4) is 0 Å². The van der Waals surface area contributed by atoms with Gasteiger partial charge in [-0.05, 0) is 78.2 Å². The Balaban J connectivity index is 1.96. The Bertz CT molecular complexity index is 1380. The molecule has 0 aliphatic carbocycles. The third kappa shape index (κ3) is 8.08. The summed E-state index contributed by atoms with van der Waals surface area (Å²) in [6, 6.07) is 11.8. The molecule has 0 radical (unpaired) electrons. The van der Waals surface area contributed by atoms with Crippen molar-refractivity contribution in [3.05, 3.63) is 80.3 Å². The quantitative estimate of drug-likeness (QED) is 0.264. The molecule has 0 spiro atoms. The maximum atomic E-state index is 13.5. The number of pyridine rings is 2. The largest absolute Gasteiger partial charge is 0.367 e. The fourth-order valence-corrected chi connectivity index (χ4v) is 4.38. The molecule has 4 N–H and O–H groups in total. The number of aryl methyl sites for hydroxylation is 2. The zero-order valence-corrected chi connectivity index (χ0v) is 24.1. The molecular formula is C30H41N7O2. The smallest absolute Gasteiger partial charge is 0.253 e. The normalized spacial score (nSPS) is 11.3. The molecule has 0 aliphatic rings. The number of H-pyrrole nitrogens is 1. The third-order valence-electron chi connectivity index (χ3n) is 6.40. The number of anilines is 1. The molecule has 2 heterocycles. The van der Waals surface area contributed by atoms with E-state index in [1.807, 2.05) is 45.9 Å². The number of nitrogens with one attached hydrogen (secondary N) is 4. The number of carbonyl (C=O) groups is 1. The van der Waals surface area contributed by atoms with Crippen LogP contribution in [0.25, 0.3) is 11.3 Å². The lowest BCUT2D eigenvalue weighted by molar-refractivity contribution is 0.0950. The van der Waals surface area contributed by atoms with Crippen LogP contribution < -0.4 is 16.2 Å². The highest BCUT2D eigenvalue weighted by molar-refractivity contribution is 6.05. The van der Waals surface area contributed by atoms with Gasteiger partial charge in [0, 0.05) is 60.8 Å². The van der Waals surface area contributed by atoms with Crippen LogP contribution >= 0.6 is 0 Å². The molecule has 3 aromatic rings.